The van der Waals surface area contributed by atoms with Crippen molar-refractivity contribution in [2.24, 2.45) is 0 Å². The van der Waals surface area contributed by atoms with Crippen molar-refractivity contribution in [3.8, 4) is 0 Å². The monoisotopic (exact) mass is 239 g/mol. The number of hydrogen-bond donors (Lipinski definition) is 1. The minimum absolute atomic E-state index is 0.0209. The van der Waals surface area contributed by atoms with Crippen LogP contribution in [-0.2, 0) is 0 Å². The van der Waals surface area contributed by atoms with Gasteiger partial charge in [0.2, 0.25) is 0 Å². The van der Waals surface area contributed by atoms with Gasteiger partial charge in [0.1, 0.15) is 0 Å². The van der Waals surface area contributed by atoms with Crippen LogP contribution in [0, 0.1) is 0 Å². The fraction of sp³-hybridized carbons (Fsp3) is 0.300. The lowest BCUT2D eigenvalue weighted by molar-refractivity contribution is 0.0694. The summed E-state index contributed by atoms with van der Waals surface area (Å²) in [5.41, 5.74) is 1.31. The summed E-state index contributed by atoms with van der Waals surface area (Å²) in [6, 6.07) is 1.60. The van der Waals surface area contributed by atoms with Gasteiger partial charge in [0.05, 0.1) is 11.3 Å². The zero-order valence-corrected chi connectivity index (χ0v) is 9.56. The van der Waals surface area contributed by atoms with Crippen LogP contribution in [0.15, 0.2) is 12.3 Å². The standard InChI is InChI=1S/C10H10ClN3O2/c1-5(2)9-6(10(15)16)4-12-8-3-7(11)13-14(8)9/h3-5H,1-2H3,(H,15,16). The van der Waals surface area contributed by atoms with Crippen LogP contribution in [0.2, 0.25) is 5.15 Å². The van der Waals surface area contributed by atoms with E-state index >= 15 is 0 Å². The van der Waals surface area contributed by atoms with Crippen molar-refractivity contribution < 1.29 is 9.90 Å². The smallest absolute Gasteiger partial charge is 0.339 e. The Kier molecular flexibility index (Phi) is 2.55. The molecule has 2 heterocycles. The van der Waals surface area contributed by atoms with Gasteiger partial charge in [-0.1, -0.05) is 25.4 Å². The number of halogens is 1. The Balaban J connectivity index is 2.83. The molecule has 0 saturated heterocycles. The van der Waals surface area contributed by atoms with Crippen molar-refractivity contribution in [1.29, 1.82) is 0 Å². The van der Waals surface area contributed by atoms with Crippen LogP contribution < -0.4 is 0 Å². The summed E-state index contributed by atoms with van der Waals surface area (Å²) in [6.07, 6.45) is 1.34. The highest BCUT2D eigenvalue weighted by Crippen LogP contribution is 2.21. The molecule has 5 nitrogen and oxygen atoms in total. The van der Waals surface area contributed by atoms with Gasteiger partial charge in [0.15, 0.2) is 10.8 Å². The molecule has 16 heavy (non-hydrogen) atoms. The number of nitrogens with zero attached hydrogens (tertiary/aromatic N) is 3. The molecule has 0 aliphatic rings. The lowest BCUT2D eigenvalue weighted by Gasteiger charge is -2.10. The molecule has 2 aromatic heterocycles. The first-order valence-corrected chi connectivity index (χ1v) is 5.16. The van der Waals surface area contributed by atoms with Crippen molar-refractivity contribution in [2.45, 2.75) is 19.8 Å². The Morgan fingerprint density at radius 3 is 2.81 bits per heavy atom. The molecule has 0 aliphatic heterocycles. The summed E-state index contributed by atoms with van der Waals surface area (Å²) >= 11 is 5.77. The zero-order valence-electron chi connectivity index (χ0n) is 8.81. The first kappa shape index (κ1) is 10.9. The zero-order chi connectivity index (χ0) is 11.9. The minimum atomic E-state index is -1.01. The van der Waals surface area contributed by atoms with Crippen molar-refractivity contribution in [2.75, 3.05) is 0 Å². The van der Waals surface area contributed by atoms with Gasteiger partial charge in [-0.3, -0.25) is 0 Å². The predicted molar refractivity (Wildman–Crippen MR) is 59.0 cm³/mol. The fourth-order valence-electron chi connectivity index (χ4n) is 1.64. The van der Waals surface area contributed by atoms with Gasteiger partial charge in [0, 0.05) is 12.3 Å². The Hall–Kier alpha value is -1.62. The first-order chi connectivity index (χ1) is 7.50. The second-order valence-corrected chi connectivity index (χ2v) is 4.14. The molecule has 0 fully saturated rings. The second-order valence-electron chi connectivity index (χ2n) is 3.75. The molecule has 0 amide bonds. The largest absolute Gasteiger partial charge is 0.478 e. The van der Waals surface area contributed by atoms with E-state index < -0.39 is 5.97 Å². The summed E-state index contributed by atoms with van der Waals surface area (Å²) in [6.45, 7) is 3.80. The van der Waals surface area contributed by atoms with Gasteiger partial charge in [0.25, 0.3) is 0 Å². The van der Waals surface area contributed by atoms with Gasteiger partial charge in [-0.25, -0.2) is 14.3 Å². The molecule has 6 heteroatoms. The third-order valence-electron chi connectivity index (χ3n) is 2.27. The Bertz CT molecular complexity index is 562. The van der Waals surface area contributed by atoms with E-state index in [-0.39, 0.29) is 11.5 Å². The highest BCUT2D eigenvalue weighted by atomic mass is 35.5. The Labute approximate surface area is 96.7 Å². The van der Waals surface area contributed by atoms with Gasteiger partial charge in [-0.05, 0) is 5.92 Å². The molecule has 0 atom stereocenters. The number of rotatable bonds is 2. The predicted octanol–water partition coefficient (Wildman–Crippen LogP) is 2.20. The maximum absolute atomic E-state index is 11.1. The molecule has 0 radical (unpaired) electrons. The molecular weight excluding hydrogens is 230 g/mol. The highest BCUT2D eigenvalue weighted by Gasteiger charge is 2.18. The van der Waals surface area contributed by atoms with E-state index in [9.17, 15) is 4.79 Å². The summed E-state index contributed by atoms with van der Waals surface area (Å²) < 4.78 is 1.48. The Morgan fingerprint density at radius 1 is 1.56 bits per heavy atom. The topological polar surface area (TPSA) is 67.5 Å². The molecule has 1 N–H and O–H groups in total. The van der Waals surface area contributed by atoms with Crippen LogP contribution in [-0.4, -0.2) is 25.7 Å². The average Bonchev–Trinajstić information content (AvgIpc) is 2.55. The quantitative estimate of drug-likeness (QED) is 0.873. The van der Waals surface area contributed by atoms with Crippen LogP contribution in [0.5, 0.6) is 0 Å². The summed E-state index contributed by atoms with van der Waals surface area (Å²) in [7, 11) is 0. The number of carboxylic acid groups (broad SMARTS) is 1. The maximum atomic E-state index is 11.1. The summed E-state index contributed by atoms with van der Waals surface area (Å²) in [5, 5.41) is 13.4. The molecule has 0 bridgehead atoms. The maximum Gasteiger partial charge on any atom is 0.339 e. The van der Waals surface area contributed by atoms with E-state index in [1.807, 2.05) is 13.8 Å². The third-order valence-corrected chi connectivity index (χ3v) is 2.45. The van der Waals surface area contributed by atoms with Crippen LogP contribution in [0.1, 0.15) is 35.8 Å². The number of carboxylic acids is 1. The van der Waals surface area contributed by atoms with Crippen LogP contribution in [0.25, 0.3) is 5.65 Å². The molecule has 2 aromatic rings. The number of hydrogen-bond acceptors (Lipinski definition) is 3. The van der Waals surface area contributed by atoms with Crippen LogP contribution in [0.3, 0.4) is 0 Å². The van der Waals surface area contributed by atoms with Crippen LogP contribution >= 0.6 is 11.6 Å². The van der Waals surface area contributed by atoms with E-state index in [0.29, 0.717) is 16.5 Å². The molecule has 0 saturated carbocycles. The lowest BCUT2D eigenvalue weighted by atomic mass is 10.1. The molecule has 0 unspecified atom stereocenters. The van der Waals surface area contributed by atoms with E-state index in [0.717, 1.165) is 0 Å². The fourth-order valence-corrected chi connectivity index (χ4v) is 1.82. The number of carbonyl (C=O) groups is 1. The van der Waals surface area contributed by atoms with Crippen molar-refractivity contribution >= 4 is 23.2 Å². The van der Waals surface area contributed by atoms with Gasteiger partial charge in [-0.15, -0.1) is 0 Å². The molecule has 84 valence electrons. The minimum Gasteiger partial charge on any atom is -0.478 e. The number of aromatic nitrogens is 3. The molecular formula is C10H10ClN3O2. The first-order valence-electron chi connectivity index (χ1n) is 4.78. The van der Waals surface area contributed by atoms with Gasteiger partial charge >= 0.3 is 5.97 Å². The molecule has 0 aliphatic carbocycles. The highest BCUT2D eigenvalue weighted by molar-refractivity contribution is 6.29. The van der Waals surface area contributed by atoms with Crippen molar-refractivity contribution in [3.05, 3.63) is 28.7 Å². The van der Waals surface area contributed by atoms with Crippen molar-refractivity contribution in [1.82, 2.24) is 14.6 Å². The second kappa shape index (κ2) is 3.75. The average molecular weight is 240 g/mol. The molecule has 0 spiro atoms. The van der Waals surface area contributed by atoms with Crippen LogP contribution in [0.4, 0.5) is 0 Å². The van der Waals surface area contributed by atoms with E-state index in [1.54, 1.807) is 6.07 Å². The van der Waals surface area contributed by atoms with E-state index in [4.69, 9.17) is 16.7 Å². The third kappa shape index (κ3) is 1.63. The summed E-state index contributed by atoms with van der Waals surface area (Å²) in [4.78, 5) is 15.1. The van der Waals surface area contributed by atoms with Gasteiger partial charge in [-0.2, -0.15) is 5.10 Å². The van der Waals surface area contributed by atoms with E-state index in [2.05, 4.69) is 10.1 Å². The number of fused-ring (bicyclic) bond motifs is 1. The van der Waals surface area contributed by atoms with E-state index in [1.165, 1.54) is 10.7 Å². The van der Waals surface area contributed by atoms with Gasteiger partial charge < -0.3 is 5.11 Å². The molecule has 0 aromatic carbocycles. The number of aromatic carboxylic acids is 1. The molecule has 2 rings (SSSR count). The normalized spacial score (nSPS) is 11.2. The SMILES string of the molecule is CC(C)c1c(C(=O)O)cnc2cc(Cl)nn12. The van der Waals surface area contributed by atoms with Crippen molar-refractivity contribution in [3.63, 3.8) is 0 Å². The Morgan fingerprint density at radius 2 is 2.25 bits per heavy atom. The summed E-state index contributed by atoms with van der Waals surface area (Å²) in [5.74, 6) is -0.989. The lowest BCUT2D eigenvalue weighted by Crippen LogP contribution is -2.11.